The molecular formula is C12H13ClO3. The number of ether oxygens (including phenoxy) is 2. The first-order valence-corrected chi connectivity index (χ1v) is 5.61. The summed E-state index contributed by atoms with van der Waals surface area (Å²) in [6.07, 6.45) is 1.71. The van der Waals surface area contributed by atoms with E-state index in [-0.39, 0.29) is 12.1 Å². The second-order valence-electron chi connectivity index (χ2n) is 3.83. The first-order valence-electron chi connectivity index (χ1n) is 5.23. The topological polar surface area (TPSA) is 35.5 Å². The minimum atomic E-state index is -0.273. The zero-order valence-electron chi connectivity index (χ0n) is 9.03. The molecule has 0 bridgehead atoms. The van der Waals surface area contributed by atoms with Gasteiger partial charge in [-0.2, -0.15) is 0 Å². The molecule has 1 heterocycles. The van der Waals surface area contributed by atoms with E-state index in [1.54, 1.807) is 6.07 Å². The molecule has 1 aliphatic heterocycles. The number of carbonyl (C=O) groups is 1. The SMILES string of the molecule is CC(=O)OC[C@@H]1CCc2cc(Cl)ccc2O1. The van der Waals surface area contributed by atoms with Crippen molar-refractivity contribution in [2.24, 2.45) is 0 Å². The molecule has 4 heteroatoms. The molecule has 0 N–H and O–H groups in total. The largest absolute Gasteiger partial charge is 0.487 e. The van der Waals surface area contributed by atoms with E-state index in [0.29, 0.717) is 6.61 Å². The number of hydrogen-bond donors (Lipinski definition) is 0. The van der Waals surface area contributed by atoms with Crippen molar-refractivity contribution in [1.82, 2.24) is 0 Å². The van der Waals surface area contributed by atoms with Crippen LogP contribution < -0.4 is 4.74 Å². The maximum Gasteiger partial charge on any atom is 0.302 e. The molecule has 1 aromatic rings. The molecule has 16 heavy (non-hydrogen) atoms. The second-order valence-corrected chi connectivity index (χ2v) is 4.27. The average Bonchev–Trinajstić information content (AvgIpc) is 2.26. The summed E-state index contributed by atoms with van der Waals surface area (Å²) in [7, 11) is 0. The molecular weight excluding hydrogens is 228 g/mol. The van der Waals surface area contributed by atoms with Gasteiger partial charge in [0.1, 0.15) is 18.5 Å². The molecule has 1 aliphatic rings. The van der Waals surface area contributed by atoms with Crippen LogP contribution in [0.15, 0.2) is 18.2 Å². The Labute approximate surface area is 99.3 Å². The lowest BCUT2D eigenvalue weighted by molar-refractivity contribution is -0.143. The quantitative estimate of drug-likeness (QED) is 0.746. The summed E-state index contributed by atoms with van der Waals surface area (Å²) < 4.78 is 10.6. The van der Waals surface area contributed by atoms with E-state index < -0.39 is 0 Å². The Morgan fingerprint density at radius 3 is 3.19 bits per heavy atom. The number of esters is 1. The average molecular weight is 241 g/mol. The summed E-state index contributed by atoms with van der Waals surface area (Å²) in [6, 6.07) is 5.57. The highest BCUT2D eigenvalue weighted by atomic mass is 35.5. The van der Waals surface area contributed by atoms with Crippen molar-refractivity contribution in [3.05, 3.63) is 28.8 Å². The summed E-state index contributed by atoms with van der Waals surface area (Å²) in [4.78, 5) is 10.7. The van der Waals surface area contributed by atoms with Crippen molar-refractivity contribution in [3.8, 4) is 5.75 Å². The standard InChI is InChI=1S/C12H13ClO3/c1-8(14)15-7-11-4-2-9-6-10(13)3-5-12(9)16-11/h3,5-6,11H,2,4,7H2,1H3/t11-/m0/s1. The Morgan fingerprint density at radius 2 is 2.44 bits per heavy atom. The van der Waals surface area contributed by atoms with Crippen LogP contribution >= 0.6 is 11.6 Å². The molecule has 0 fully saturated rings. The number of aryl methyl sites for hydroxylation is 1. The number of fused-ring (bicyclic) bond motifs is 1. The normalized spacial score (nSPS) is 18.5. The van der Waals surface area contributed by atoms with E-state index in [4.69, 9.17) is 21.1 Å². The van der Waals surface area contributed by atoms with Gasteiger partial charge in [0.05, 0.1) is 0 Å². The second kappa shape index (κ2) is 4.74. The summed E-state index contributed by atoms with van der Waals surface area (Å²) in [6.45, 7) is 1.72. The summed E-state index contributed by atoms with van der Waals surface area (Å²) in [5.41, 5.74) is 1.12. The van der Waals surface area contributed by atoms with Crippen LogP contribution in [0.3, 0.4) is 0 Å². The number of hydrogen-bond acceptors (Lipinski definition) is 3. The smallest absolute Gasteiger partial charge is 0.302 e. The third-order valence-electron chi connectivity index (χ3n) is 2.52. The Kier molecular flexibility index (Phi) is 3.34. The molecule has 1 atom stereocenters. The van der Waals surface area contributed by atoms with Crippen LogP contribution in [0.5, 0.6) is 5.75 Å². The van der Waals surface area contributed by atoms with Gasteiger partial charge in [-0.3, -0.25) is 4.79 Å². The maximum absolute atomic E-state index is 10.7. The highest BCUT2D eigenvalue weighted by Gasteiger charge is 2.20. The molecule has 3 nitrogen and oxygen atoms in total. The molecule has 0 spiro atoms. The van der Waals surface area contributed by atoms with Crippen molar-refractivity contribution in [1.29, 1.82) is 0 Å². The molecule has 0 saturated heterocycles. The number of benzene rings is 1. The third kappa shape index (κ3) is 2.67. The van der Waals surface area contributed by atoms with E-state index in [0.717, 1.165) is 29.2 Å². The lowest BCUT2D eigenvalue weighted by Gasteiger charge is -2.25. The third-order valence-corrected chi connectivity index (χ3v) is 2.76. The van der Waals surface area contributed by atoms with Crippen LogP contribution in [0.1, 0.15) is 18.9 Å². The molecule has 86 valence electrons. The van der Waals surface area contributed by atoms with Crippen LogP contribution in [0.2, 0.25) is 5.02 Å². The fraction of sp³-hybridized carbons (Fsp3) is 0.417. The molecule has 0 amide bonds. The lowest BCUT2D eigenvalue weighted by Crippen LogP contribution is -2.28. The van der Waals surface area contributed by atoms with E-state index in [2.05, 4.69) is 0 Å². The van der Waals surface area contributed by atoms with Gasteiger partial charge in [-0.15, -0.1) is 0 Å². The van der Waals surface area contributed by atoms with Crippen LogP contribution in [0.25, 0.3) is 0 Å². The van der Waals surface area contributed by atoms with Gasteiger partial charge < -0.3 is 9.47 Å². The predicted molar refractivity (Wildman–Crippen MR) is 60.8 cm³/mol. The fourth-order valence-electron chi connectivity index (χ4n) is 1.74. The molecule has 0 unspecified atom stereocenters. The van der Waals surface area contributed by atoms with E-state index in [1.807, 2.05) is 12.1 Å². The van der Waals surface area contributed by atoms with E-state index in [9.17, 15) is 4.79 Å². The van der Waals surface area contributed by atoms with Gasteiger partial charge in [0.15, 0.2) is 0 Å². The molecule has 0 radical (unpaired) electrons. The minimum absolute atomic E-state index is 0.0439. The highest BCUT2D eigenvalue weighted by molar-refractivity contribution is 6.30. The molecule has 1 aromatic carbocycles. The first-order chi connectivity index (χ1) is 7.65. The Bertz CT molecular complexity index is 403. The first kappa shape index (κ1) is 11.3. The van der Waals surface area contributed by atoms with Crippen LogP contribution in [0.4, 0.5) is 0 Å². The van der Waals surface area contributed by atoms with E-state index >= 15 is 0 Å². The van der Waals surface area contributed by atoms with Crippen LogP contribution in [0, 0.1) is 0 Å². The Balaban J connectivity index is 2.01. The Hall–Kier alpha value is -1.22. The van der Waals surface area contributed by atoms with Crippen molar-refractivity contribution in [3.63, 3.8) is 0 Å². The minimum Gasteiger partial charge on any atom is -0.487 e. The van der Waals surface area contributed by atoms with Gasteiger partial charge in [-0.25, -0.2) is 0 Å². The summed E-state index contributed by atoms with van der Waals surface area (Å²) in [5, 5.41) is 0.723. The van der Waals surface area contributed by atoms with Gasteiger partial charge >= 0.3 is 5.97 Å². The van der Waals surface area contributed by atoms with Gasteiger partial charge in [0, 0.05) is 11.9 Å². The summed E-state index contributed by atoms with van der Waals surface area (Å²) in [5.74, 6) is 0.568. The molecule has 0 aromatic heterocycles. The predicted octanol–water partition coefficient (Wildman–Crippen LogP) is 2.60. The highest BCUT2D eigenvalue weighted by Crippen LogP contribution is 2.29. The number of rotatable bonds is 2. The van der Waals surface area contributed by atoms with Crippen molar-refractivity contribution < 1.29 is 14.3 Å². The number of halogens is 1. The van der Waals surface area contributed by atoms with Gasteiger partial charge in [0.2, 0.25) is 0 Å². The zero-order valence-corrected chi connectivity index (χ0v) is 9.79. The van der Waals surface area contributed by atoms with Gasteiger partial charge in [-0.05, 0) is 36.6 Å². The maximum atomic E-state index is 10.7. The van der Waals surface area contributed by atoms with E-state index in [1.165, 1.54) is 6.92 Å². The van der Waals surface area contributed by atoms with Crippen LogP contribution in [-0.4, -0.2) is 18.7 Å². The van der Waals surface area contributed by atoms with Crippen molar-refractivity contribution >= 4 is 17.6 Å². The van der Waals surface area contributed by atoms with Crippen LogP contribution in [-0.2, 0) is 16.0 Å². The van der Waals surface area contributed by atoms with Gasteiger partial charge in [-0.1, -0.05) is 11.6 Å². The lowest BCUT2D eigenvalue weighted by atomic mass is 10.0. The Morgan fingerprint density at radius 1 is 1.62 bits per heavy atom. The summed E-state index contributed by atoms with van der Waals surface area (Å²) >= 11 is 5.89. The van der Waals surface area contributed by atoms with Crippen molar-refractivity contribution in [2.75, 3.05) is 6.61 Å². The van der Waals surface area contributed by atoms with Gasteiger partial charge in [0.25, 0.3) is 0 Å². The monoisotopic (exact) mass is 240 g/mol. The molecule has 0 saturated carbocycles. The molecule has 2 rings (SSSR count). The number of carbonyl (C=O) groups excluding carboxylic acids is 1. The van der Waals surface area contributed by atoms with Crippen molar-refractivity contribution in [2.45, 2.75) is 25.9 Å². The zero-order chi connectivity index (χ0) is 11.5. The fourth-order valence-corrected chi connectivity index (χ4v) is 1.94. The molecule has 0 aliphatic carbocycles.